The number of hydrogen-bond acceptors (Lipinski definition) is 4. The van der Waals surface area contributed by atoms with Gasteiger partial charge in [0.2, 0.25) is 5.78 Å². The Morgan fingerprint density at radius 3 is 2.26 bits per heavy atom. The van der Waals surface area contributed by atoms with Crippen molar-refractivity contribution in [1.82, 2.24) is 0 Å². The molecule has 0 aliphatic heterocycles. The van der Waals surface area contributed by atoms with Gasteiger partial charge in [0, 0.05) is 17.7 Å². The summed E-state index contributed by atoms with van der Waals surface area (Å²) in [6.45, 7) is 0. The lowest BCUT2D eigenvalue weighted by molar-refractivity contribution is -0.384. The van der Waals surface area contributed by atoms with E-state index >= 15 is 0 Å². The summed E-state index contributed by atoms with van der Waals surface area (Å²) in [6.07, 6.45) is 1.20. The highest BCUT2D eigenvalue weighted by atomic mass is 16.6. The quantitative estimate of drug-likeness (QED) is 0.364. The van der Waals surface area contributed by atoms with Crippen molar-refractivity contribution in [3.63, 3.8) is 0 Å². The zero-order chi connectivity index (χ0) is 13.7. The van der Waals surface area contributed by atoms with Gasteiger partial charge in [0.25, 0.3) is 5.69 Å². The molecule has 0 radical (unpaired) electrons. The molecule has 0 aliphatic rings. The van der Waals surface area contributed by atoms with Crippen LogP contribution in [0.2, 0.25) is 0 Å². The van der Waals surface area contributed by atoms with E-state index in [4.69, 9.17) is 0 Å². The lowest BCUT2D eigenvalue weighted by Gasteiger charge is -1.95. The van der Waals surface area contributed by atoms with E-state index in [1.807, 2.05) is 6.07 Å². The van der Waals surface area contributed by atoms with Gasteiger partial charge in [-0.05, 0) is 12.1 Å². The highest BCUT2D eigenvalue weighted by Crippen LogP contribution is 2.17. The molecule has 0 N–H and O–H groups in total. The van der Waals surface area contributed by atoms with Gasteiger partial charge in [0.1, 0.15) is 0 Å². The van der Waals surface area contributed by atoms with E-state index in [2.05, 4.69) is 4.99 Å². The number of hydrogen-bond donors (Lipinski definition) is 0. The first-order chi connectivity index (χ1) is 9.16. The van der Waals surface area contributed by atoms with Crippen molar-refractivity contribution in [2.24, 2.45) is 4.99 Å². The number of Topliss-reactive ketones (excluding diaryl/α,β-unsaturated/α-hetero) is 1. The molecule has 2 aromatic rings. The Morgan fingerprint density at radius 1 is 1.05 bits per heavy atom. The number of aliphatic imine (C=N–C) groups is 1. The van der Waals surface area contributed by atoms with Gasteiger partial charge in [-0.25, -0.2) is 0 Å². The van der Waals surface area contributed by atoms with E-state index in [1.165, 1.54) is 30.5 Å². The molecule has 2 aromatic carbocycles. The first kappa shape index (κ1) is 12.6. The van der Waals surface area contributed by atoms with Gasteiger partial charge in [-0.3, -0.25) is 19.9 Å². The molecule has 5 nitrogen and oxygen atoms in total. The first-order valence-electron chi connectivity index (χ1n) is 5.55. The Kier molecular flexibility index (Phi) is 3.78. The van der Waals surface area contributed by atoms with Gasteiger partial charge in [-0.1, -0.05) is 30.3 Å². The van der Waals surface area contributed by atoms with Crippen molar-refractivity contribution in [3.8, 4) is 0 Å². The minimum Gasteiger partial charge on any atom is -0.288 e. The SMILES string of the molecule is O=C(C=Nc1ccc([N+](=O)[O-])cc1)c1ccccc1. The minimum atomic E-state index is -0.484. The number of nitrogens with zero attached hydrogens (tertiary/aromatic N) is 2. The zero-order valence-electron chi connectivity index (χ0n) is 9.89. The van der Waals surface area contributed by atoms with Crippen molar-refractivity contribution in [2.45, 2.75) is 0 Å². The molecule has 0 saturated heterocycles. The Balaban J connectivity index is 2.10. The Labute approximate surface area is 109 Å². The van der Waals surface area contributed by atoms with Crippen molar-refractivity contribution in [1.29, 1.82) is 0 Å². The maximum atomic E-state index is 11.7. The van der Waals surface area contributed by atoms with Crippen LogP contribution in [0.1, 0.15) is 10.4 Å². The van der Waals surface area contributed by atoms with E-state index in [0.717, 1.165) is 0 Å². The Hall–Kier alpha value is -2.82. The van der Waals surface area contributed by atoms with Crippen LogP contribution < -0.4 is 0 Å². The molecule has 0 fully saturated rings. The minimum absolute atomic E-state index is 0.00617. The van der Waals surface area contributed by atoms with Crippen LogP contribution in [0.4, 0.5) is 11.4 Å². The molecule has 19 heavy (non-hydrogen) atoms. The van der Waals surface area contributed by atoms with Gasteiger partial charge in [0.05, 0.1) is 16.8 Å². The topological polar surface area (TPSA) is 72.6 Å². The lowest BCUT2D eigenvalue weighted by atomic mass is 10.1. The third-order valence-electron chi connectivity index (χ3n) is 2.45. The molecule has 2 rings (SSSR count). The van der Waals surface area contributed by atoms with Crippen LogP contribution in [0.5, 0.6) is 0 Å². The van der Waals surface area contributed by atoms with Crippen LogP contribution in [-0.2, 0) is 0 Å². The lowest BCUT2D eigenvalue weighted by Crippen LogP contribution is -1.98. The van der Waals surface area contributed by atoms with Crippen LogP contribution >= 0.6 is 0 Å². The molecule has 5 heteroatoms. The van der Waals surface area contributed by atoms with Crippen LogP contribution in [0.25, 0.3) is 0 Å². The molecule has 94 valence electrons. The van der Waals surface area contributed by atoms with E-state index in [-0.39, 0.29) is 11.5 Å². The number of carbonyl (C=O) groups excluding carboxylic acids is 1. The van der Waals surface area contributed by atoms with Gasteiger partial charge in [0.15, 0.2) is 0 Å². The summed E-state index contributed by atoms with van der Waals surface area (Å²) < 4.78 is 0. The van der Waals surface area contributed by atoms with Crippen LogP contribution in [0.15, 0.2) is 59.6 Å². The fourth-order valence-corrected chi connectivity index (χ4v) is 1.47. The highest BCUT2D eigenvalue weighted by Gasteiger charge is 2.04. The summed E-state index contributed by atoms with van der Waals surface area (Å²) in [4.78, 5) is 25.7. The fourth-order valence-electron chi connectivity index (χ4n) is 1.47. The molecule has 0 amide bonds. The molecule has 0 bridgehead atoms. The third kappa shape index (κ3) is 3.32. The van der Waals surface area contributed by atoms with Gasteiger partial charge >= 0.3 is 0 Å². The number of ketones is 1. The van der Waals surface area contributed by atoms with Crippen molar-refractivity contribution in [3.05, 3.63) is 70.3 Å². The summed E-state index contributed by atoms with van der Waals surface area (Å²) in [5, 5.41) is 10.5. The van der Waals surface area contributed by atoms with E-state index in [0.29, 0.717) is 11.3 Å². The smallest absolute Gasteiger partial charge is 0.269 e. The molecule has 0 heterocycles. The molecular formula is C14H10N2O3. The molecule has 0 spiro atoms. The second kappa shape index (κ2) is 5.68. The van der Waals surface area contributed by atoms with E-state index in [9.17, 15) is 14.9 Å². The third-order valence-corrected chi connectivity index (χ3v) is 2.45. The summed E-state index contributed by atoms with van der Waals surface area (Å²) in [5.41, 5.74) is 1.04. The van der Waals surface area contributed by atoms with E-state index in [1.54, 1.807) is 24.3 Å². The van der Waals surface area contributed by atoms with Crippen molar-refractivity contribution >= 4 is 23.4 Å². The number of nitro benzene ring substituents is 1. The molecule has 0 aliphatic carbocycles. The molecular weight excluding hydrogens is 244 g/mol. The second-order valence-corrected chi connectivity index (χ2v) is 3.76. The number of non-ortho nitro benzene ring substituents is 1. The van der Waals surface area contributed by atoms with Gasteiger partial charge in [-0.2, -0.15) is 0 Å². The molecule has 0 saturated carbocycles. The maximum absolute atomic E-state index is 11.7. The van der Waals surface area contributed by atoms with Crippen LogP contribution in [-0.4, -0.2) is 16.9 Å². The predicted molar refractivity (Wildman–Crippen MR) is 72.0 cm³/mol. The average molecular weight is 254 g/mol. The average Bonchev–Trinajstić information content (AvgIpc) is 2.46. The van der Waals surface area contributed by atoms with Gasteiger partial charge < -0.3 is 0 Å². The van der Waals surface area contributed by atoms with E-state index < -0.39 is 4.92 Å². The fraction of sp³-hybridized carbons (Fsp3) is 0. The summed E-state index contributed by atoms with van der Waals surface area (Å²) in [7, 11) is 0. The van der Waals surface area contributed by atoms with Crippen LogP contribution in [0, 0.1) is 10.1 Å². The predicted octanol–water partition coefficient (Wildman–Crippen LogP) is 3.18. The number of carbonyl (C=O) groups is 1. The number of nitro groups is 1. The number of benzene rings is 2. The first-order valence-corrected chi connectivity index (χ1v) is 5.55. The zero-order valence-corrected chi connectivity index (χ0v) is 9.89. The Bertz CT molecular complexity index is 619. The maximum Gasteiger partial charge on any atom is 0.269 e. The monoisotopic (exact) mass is 254 g/mol. The van der Waals surface area contributed by atoms with Gasteiger partial charge in [-0.15, -0.1) is 0 Å². The summed E-state index contributed by atoms with van der Waals surface area (Å²) in [6, 6.07) is 14.4. The second-order valence-electron chi connectivity index (χ2n) is 3.76. The van der Waals surface area contributed by atoms with Crippen LogP contribution in [0.3, 0.4) is 0 Å². The number of rotatable bonds is 4. The molecule has 0 atom stereocenters. The normalized spacial score (nSPS) is 10.5. The standard InChI is InChI=1S/C14H10N2O3/c17-14(11-4-2-1-3-5-11)10-15-12-6-8-13(9-7-12)16(18)19/h1-10H. The highest BCUT2D eigenvalue weighted by molar-refractivity contribution is 6.35. The molecule has 0 unspecified atom stereocenters. The van der Waals surface area contributed by atoms with Crippen molar-refractivity contribution in [2.75, 3.05) is 0 Å². The summed E-state index contributed by atoms with van der Waals surface area (Å²) in [5.74, 6) is -0.209. The van der Waals surface area contributed by atoms with Crippen molar-refractivity contribution < 1.29 is 9.72 Å². The Morgan fingerprint density at radius 2 is 1.68 bits per heavy atom. The molecule has 0 aromatic heterocycles. The summed E-state index contributed by atoms with van der Waals surface area (Å²) >= 11 is 0. The largest absolute Gasteiger partial charge is 0.288 e.